The average molecular weight is 418 g/mol. The molecule has 2 aromatic carbocycles. The van der Waals surface area contributed by atoms with E-state index in [0.29, 0.717) is 35.7 Å². The number of benzene rings is 2. The van der Waals surface area contributed by atoms with Crippen molar-refractivity contribution in [3.63, 3.8) is 0 Å². The van der Waals surface area contributed by atoms with Crippen molar-refractivity contribution in [2.24, 2.45) is 4.99 Å². The number of hydrogen-bond donors (Lipinski definition) is 0. The van der Waals surface area contributed by atoms with E-state index >= 15 is 0 Å². The topological polar surface area (TPSA) is 58.0 Å². The van der Waals surface area contributed by atoms with Crippen molar-refractivity contribution < 1.29 is 13.9 Å². The number of nitrogens with zero attached hydrogens (tertiary/aromatic N) is 4. The van der Waals surface area contributed by atoms with Gasteiger partial charge in [0.2, 0.25) is 0 Å². The number of pyridine rings is 1. The maximum absolute atomic E-state index is 14.2. The number of hydrogen-bond acceptors (Lipinski definition) is 6. The Morgan fingerprint density at radius 3 is 2.77 bits per heavy atom. The van der Waals surface area contributed by atoms with E-state index < -0.39 is 0 Å². The second-order valence-corrected chi connectivity index (χ2v) is 7.94. The number of halogens is 1. The Morgan fingerprint density at radius 1 is 1.10 bits per heavy atom. The van der Waals surface area contributed by atoms with Gasteiger partial charge in [0.15, 0.2) is 5.78 Å². The number of carbonyl (C=O) groups is 1. The van der Waals surface area contributed by atoms with Gasteiger partial charge in [-0.05, 0) is 43.3 Å². The van der Waals surface area contributed by atoms with Gasteiger partial charge in [-0.2, -0.15) is 0 Å². The first-order valence-electron chi connectivity index (χ1n) is 10.4. The molecule has 6 nitrogen and oxygen atoms in total. The van der Waals surface area contributed by atoms with Gasteiger partial charge in [0.05, 0.1) is 12.1 Å². The fraction of sp³-hybridized carbons (Fsp3) is 0.292. The van der Waals surface area contributed by atoms with Crippen LogP contribution in [-0.2, 0) is 0 Å². The molecule has 7 heteroatoms. The maximum atomic E-state index is 14.2. The summed E-state index contributed by atoms with van der Waals surface area (Å²) in [5.41, 5.74) is 3.74. The average Bonchev–Trinajstić information content (AvgIpc) is 2.78. The lowest BCUT2D eigenvalue weighted by Gasteiger charge is -2.36. The van der Waals surface area contributed by atoms with Crippen LogP contribution in [-0.4, -0.2) is 61.2 Å². The number of piperazine rings is 1. The highest BCUT2D eigenvalue weighted by Gasteiger charge is 2.22. The normalized spacial score (nSPS) is 16.3. The molecule has 3 heterocycles. The molecule has 5 rings (SSSR count). The molecule has 0 unspecified atom stereocenters. The van der Waals surface area contributed by atoms with Crippen LogP contribution < -0.4 is 9.64 Å². The first-order valence-corrected chi connectivity index (χ1v) is 10.4. The first kappa shape index (κ1) is 19.6. The number of rotatable bonds is 4. The van der Waals surface area contributed by atoms with Gasteiger partial charge in [0.1, 0.15) is 23.9 Å². The number of carbonyl (C=O) groups excluding carboxylic acids is 1. The number of aliphatic imine (C=N–C) groups is 1. The Bertz CT molecular complexity index is 1180. The highest BCUT2D eigenvalue weighted by atomic mass is 19.1. The molecular formula is C24H23FN4O2. The fourth-order valence-electron chi connectivity index (χ4n) is 4.16. The van der Waals surface area contributed by atoms with Crippen LogP contribution in [0, 0.1) is 12.7 Å². The molecule has 2 aliphatic heterocycles. The van der Waals surface area contributed by atoms with E-state index in [1.54, 1.807) is 24.4 Å². The lowest BCUT2D eigenvalue weighted by Crippen LogP contribution is -2.48. The molecule has 158 valence electrons. The van der Waals surface area contributed by atoms with Gasteiger partial charge in [-0.1, -0.05) is 0 Å². The van der Waals surface area contributed by atoms with Crippen LogP contribution in [0.2, 0.25) is 0 Å². The second-order valence-electron chi connectivity index (χ2n) is 7.94. The zero-order valence-corrected chi connectivity index (χ0v) is 17.3. The predicted molar refractivity (Wildman–Crippen MR) is 120 cm³/mol. The number of anilines is 1. The van der Waals surface area contributed by atoms with Gasteiger partial charge in [0, 0.05) is 60.8 Å². The molecule has 0 saturated carbocycles. The molecule has 1 saturated heterocycles. The molecule has 3 aromatic rings. The summed E-state index contributed by atoms with van der Waals surface area (Å²) < 4.78 is 19.7. The zero-order valence-electron chi connectivity index (χ0n) is 17.3. The van der Waals surface area contributed by atoms with E-state index in [-0.39, 0.29) is 11.6 Å². The van der Waals surface area contributed by atoms with Crippen molar-refractivity contribution in [1.82, 2.24) is 9.88 Å². The molecule has 0 N–H and O–H groups in total. The highest BCUT2D eigenvalue weighted by Crippen LogP contribution is 2.31. The maximum Gasteiger partial charge on any atom is 0.176 e. The summed E-state index contributed by atoms with van der Waals surface area (Å²) in [7, 11) is 0. The Labute approximate surface area is 180 Å². The summed E-state index contributed by atoms with van der Waals surface area (Å²) in [6.45, 7) is 5.62. The quantitative estimate of drug-likeness (QED) is 0.604. The largest absolute Gasteiger partial charge is 0.486 e. The third-order valence-electron chi connectivity index (χ3n) is 5.79. The number of fused-ring (bicyclic) bond motifs is 2. The molecule has 1 fully saturated rings. The van der Waals surface area contributed by atoms with Crippen LogP contribution in [0.5, 0.6) is 5.75 Å². The zero-order chi connectivity index (χ0) is 21.4. The van der Waals surface area contributed by atoms with Crippen LogP contribution in [0.1, 0.15) is 16.1 Å². The first-order chi connectivity index (χ1) is 15.1. The van der Waals surface area contributed by atoms with E-state index in [2.05, 4.69) is 19.8 Å². The highest BCUT2D eigenvalue weighted by molar-refractivity contribution is 5.99. The molecule has 0 radical (unpaired) electrons. The summed E-state index contributed by atoms with van der Waals surface area (Å²) >= 11 is 0. The number of aromatic nitrogens is 1. The van der Waals surface area contributed by atoms with Crippen LogP contribution >= 0.6 is 0 Å². The van der Waals surface area contributed by atoms with Crippen LogP contribution in [0.15, 0.2) is 47.5 Å². The van der Waals surface area contributed by atoms with E-state index in [1.807, 2.05) is 25.1 Å². The van der Waals surface area contributed by atoms with Crippen LogP contribution in [0.25, 0.3) is 10.9 Å². The molecule has 31 heavy (non-hydrogen) atoms. The van der Waals surface area contributed by atoms with Crippen molar-refractivity contribution in [2.75, 3.05) is 44.2 Å². The molecule has 1 aromatic heterocycles. The monoisotopic (exact) mass is 418 g/mol. The standard InChI is InChI=1S/C24H23FN4O2/c1-16-2-4-19-20(27-16)13-18(25)14-22(19)29-9-7-28(8-10-29)15-23(30)17-3-5-24-21(12-17)26-6-11-31-24/h2-6,12-14H,7-11,15H2,1H3. The summed E-state index contributed by atoms with van der Waals surface area (Å²) in [6, 6.07) is 12.4. The number of aryl methyl sites for hydroxylation is 1. The summed E-state index contributed by atoms with van der Waals surface area (Å²) in [6.07, 6.45) is 1.70. The molecule has 0 amide bonds. The molecule has 0 atom stereocenters. The minimum absolute atomic E-state index is 0.0629. The number of ether oxygens (including phenoxy) is 1. The van der Waals surface area contributed by atoms with E-state index in [0.717, 1.165) is 42.9 Å². The van der Waals surface area contributed by atoms with E-state index in [9.17, 15) is 9.18 Å². The van der Waals surface area contributed by atoms with Gasteiger partial charge in [0.25, 0.3) is 0 Å². The van der Waals surface area contributed by atoms with Crippen LogP contribution in [0.3, 0.4) is 0 Å². The number of ketones is 1. The molecular weight excluding hydrogens is 395 g/mol. The second kappa shape index (κ2) is 8.07. The Morgan fingerprint density at radius 2 is 1.94 bits per heavy atom. The third-order valence-corrected chi connectivity index (χ3v) is 5.79. The molecule has 0 aliphatic carbocycles. The Kier molecular flexibility index (Phi) is 5.11. The van der Waals surface area contributed by atoms with Crippen molar-refractivity contribution in [1.29, 1.82) is 0 Å². The molecule has 0 spiro atoms. The third kappa shape index (κ3) is 4.01. The lowest BCUT2D eigenvalue weighted by molar-refractivity contribution is 0.0926. The van der Waals surface area contributed by atoms with E-state index in [4.69, 9.17) is 4.74 Å². The van der Waals surface area contributed by atoms with Gasteiger partial charge >= 0.3 is 0 Å². The SMILES string of the molecule is Cc1ccc2c(N3CCN(CC(=O)c4ccc5c(c4)N=CCO5)CC3)cc(F)cc2n1. The molecule has 2 aliphatic rings. The van der Waals surface area contributed by atoms with Crippen molar-refractivity contribution in [3.8, 4) is 5.75 Å². The summed E-state index contributed by atoms with van der Waals surface area (Å²) in [5.74, 6) is 0.491. The van der Waals surface area contributed by atoms with Crippen molar-refractivity contribution in [2.45, 2.75) is 6.92 Å². The fourth-order valence-corrected chi connectivity index (χ4v) is 4.16. The van der Waals surface area contributed by atoms with Gasteiger partial charge < -0.3 is 9.64 Å². The number of Topliss-reactive ketones (excluding diaryl/α,β-unsaturated/α-hetero) is 1. The van der Waals surface area contributed by atoms with Crippen molar-refractivity contribution >= 4 is 34.3 Å². The van der Waals surface area contributed by atoms with Crippen LogP contribution in [0.4, 0.5) is 15.8 Å². The Hall–Kier alpha value is -3.32. The van der Waals surface area contributed by atoms with E-state index in [1.165, 1.54) is 6.07 Å². The summed E-state index contributed by atoms with van der Waals surface area (Å²) in [4.78, 5) is 25.9. The van der Waals surface area contributed by atoms with Crippen molar-refractivity contribution in [3.05, 3.63) is 59.5 Å². The Balaban J connectivity index is 1.27. The minimum Gasteiger partial charge on any atom is -0.486 e. The van der Waals surface area contributed by atoms with Gasteiger partial charge in [-0.3, -0.25) is 19.7 Å². The minimum atomic E-state index is -0.280. The smallest absolute Gasteiger partial charge is 0.176 e. The van der Waals surface area contributed by atoms with Gasteiger partial charge in [-0.15, -0.1) is 0 Å². The predicted octanol–water partition coefficient (Wildman–Crippen LogP) is 3.78. The molecule has 0 bridgehead atoms. The summed E-state index contributed by atoms with van der Waals surface area (Å²) in [5, 5.41) is 0.952. The lowest BCUT2D eigenvalue weighted by atomic mass is 10.1. The van der Waals surface area contributed by atoms with Gasteiger partial charge in [-0.25, -0.2) is 4.39 Å².